The van der Waals surface area contributed by atoms with E-state index in [0.717, 1.165) is 16.0 Å². The van der Waals surface area contributed by atoms with Gasteiger partial charge in [-0.1, -0.05) is 18.5 Å². The van der Waals surface area contributed by atoms with Crippen LogP contribution in [0.4, 0.5) is 5.69 Å². The molecular weight excluding hydrogens is 298 g/mol. The number of halogens is 2. The highest BCUT2D eigenvalue weighted by atomic mass is 79.9. The lowest BCUT2D eigenvalue weighted by atomic mass is 10.3. The van der Waals surface area contributed by atoms with Crippen LogP contribution >= 0.6 is 39.3 Å². The average Bonchev–Trinajstić information content (AvgIpc) is 2.15. The monoisotopic (exact) mass is 309 g/mol. The van der Waals surface area contributed by atoms with Crippen molar-refractivity contribution in [1.82, 2.24) is 0 Å². The molecule has 0 amide bonds. The molecule has 15 heavy (non-hydrogen) atoms. The van der Waals surface area contributed by atoms with Gasteiger partial charge in [0.2, 0.25) is 0 Å². The molecule has 0 aliphatic rings. The third-order valence-electron chi connectivity index (χ3n) is 1.72. The van der Waals surface area contributed by atoms with Gasteiger partial charge in [-0.2, -0.15) is 11.8 Å². The Morgan fingerprint density at radius 2 is 2.27 bits per heavy atom. The summed E-state index contributed by atoms with van der Waals surface area (Å²) in [4.78, 5) is 0. The third kappa shape index (κ3) is 4.13. The van der Waals surface area contributed by atoms with Gasteiger partial charge in [-0.3, -0.25) is 0 Å². The number of hydrogen-bond acceptors (Lipinski definition) is 3. The molecule has 0 radical (unpaired) electrons. The van der Waals surface area contributed by atoms with E-state index in [9.17, 15) is 0 Å². The van der Waals surface area contributed by atoms with E-state index < -0.39 is 0 Å². The van der Waals surface area contributed by atoms with Gasteiger partial charge in [0.05, 0.1) is 16.8 Å². The quantitative estimate of drug-likeness (QED) is 0.663. The van der Waals surface area contributed by atoms with Gasteiger partial charge in [0, 0.05) is 10.8 Å². The first kappa shape index (κ1) is 13.0. The Bertz CT molecular complexity index is 312. The smallest absolute Gasteiger partial charge is 0.156 e. The molecule has 0 fully saturated rings. The lowest BCUT2D eigenvalue weighted by molar-refractivity contribution is 0.343. The second kappa shape index (κ2) is 6.51. The summed E-state index contributed by atoms with van der Waals surface area (Å²) in [5.74, 6) is 2.74. The highest BCUT2D eigenvalue weighted by Crippen LogP contribution is 2.34. The summed E-state index contributed by atoms with van der Waals surface area (Å²) in [6.07, 6.45) is 0. The highest BCUT2D eigenvalue weighted by molar-refractivity contribution is 9.10. The maximum Gasteiger partial charge on any atom is 0.156 e. The average molecular weight is 311 g/mol. The van der Waals surface area contributed by atoms with Crippen molar-refractivity contribution in [2.24, 2.45) is 0 Å². The van der Waals surface area contributed by atoms with Gasteiger partial charge < -0.3 is 10.5 Å². The molecular formula is C10H13BrClNOS. The van der Waals surface area contributed by atoms with Crippen LogP contribution in [0.3, 0.4) is 0 Å². The zero-order valence-corrected chi connectivity index (χ0v) is 11.6. The lowest BCUT2D eigenvalue weighted by Crippen LogP contribution is -2.03. The van der Waals surface area contributed by atoms with Crippen LogP contribution in [0.25, 0.3) is 0 Å². The predicted molar refractivity (Wildman–Crippen MR) is 72.1 cm³/mol. The molecule has 0 aliphatic carbocycles. The summed E-state index contributed by atoms with van der Waals surface area (Å²) in [6, 6.07) is 3.47. The van der Waals surface area contributed by atoms with Crippen molar-refractivity contribution in [2.75, 3.05) is 23.8 Å². The molecule has 5 heteroatoms. The van der Waals surface area contributed by atoms with E-state index in [2.05, 4.69) is 22.9 Å². The number of hydrogen-bond donors (Lipinski definition) is 1. The van der Waals surface area contributed by atoms with Gasteiger partial charge in [-0.05, 0) is 33.8 Å². The molecule has 0 atom stereocenters. The number of benzene rings is 1. The highest BCUT2D eigenvalue weighted by Gasteiger charge is 2.07. The summed E-state index contributed by atoms with van der Waals surface area (Å²) in [5, 5.41) is 0.606. The molecule has 1 aromatic rings. The Labute approximate surface area is 108 Å². The Morgan fingerprint density at radius 3 is 2.87 bits per heavy atom. The van der Waals surface area contributed by atoms with Crippen molar-refractivity contribution >= 4 is 45.0 Å². The maximum atomic E-state index is 5.84. The van der Waals surface area contributed by atoms with E-state index in [1.165, 1.54) is 0 Å². The molecule has 1 aromatic carbocycles. The van der Waals surface area contributed by atoms with Gasteiger partial charge in [-0.25, -0.2) is 0 Å². The van der Waals surface area contributed by atoms with E-state index in [0.29, 0.717) is 23.1 Å². The zero-order chi connectivity index (χ0) is 11.3. The molecule has 2 N–H and O–H groups in total. The number of nitrogens with two attached hydrogens (primary N) is 1. The van der Waals surface area contributed by atoms with Gasteiger partial charge in [0.15, 0.2) is 5.75 Å². The number of ether oxygens (including phenoxy) is 1. The van der Waals surface area contributed by atoms with Gasteiger partial charge in [-0.15, -0.1) is 0 Å². The summed E-state index contributed by atoms with van der Waals surface area (Å²) >= 11 is 11.0. The van der Waals surface area contributed by atoms with Gasteiger partial charge >= 0.3 is 0 Å². The molecule has 0 spiro atoms. The van der Waals surface area contributed by atoms with E-state index in [-0.39, 0.29) is 0 Å². The molecule has 1 rings (SSSR count). The molecule has 0 aliphatic heterocycles. The minimum atomic E-state index is 0.566. The van der Waals surface area contributed by atoms with E-state index in [4.69, 9.17) is 22.1 Å². The standard InChI is InChI=1S/C10H13BrClNOS/c1-2-15-4-3-14-10-8(11)5-7(12)6-9(10)13/h5-6H,2-4,13H2,1H3. The number of anilines is 1. The number of nitrogen functional groups attached to an aromatic ring is 1. The maximum absolute atomic E-state index is 5.84. The van der Waals surface area contributed by atoms with Crippen LogP contribution in [0.1, 0.15) is 6.92 Å². The van der Waals surface area contributed by atoms with Crippen LogP contribution in [-0.2, 0) is 0 Å². The number of thioether (sulfide) groups is 1. The molecule has 0 bridgehead atoms. The van der Waals surface area contributed by atoms with E-state index >= 15 is 0 Å². The predicted octanol–water partition coefficient (Wildman–Crippen LogP) is 3.82. The van der Waals surface area contributed by atoms with Gasteiger partial charge in [0.1, 0.15) is 0 Å². The van der Waals surface area contributed by atoms with Crippen LogP contribution in [0.15, 0.2) is 16.6 Å². The molecule has 0 heterocycles. The Hall–Kier alpha value is -0.0600. The first-order valence-electron chi connectivity index (χ1n) is 4.60. The van der Waals surface area contributed by atoms with Crippen molar-refractivity contribution in [2.45, 2.75) is 6.92 Å². The van der Waals surface area contributed by atoms with Crippen molar-refractivity contribution in [3.05, 3.63) is 21.6 Å². The second-order valence-corrected chi connectivity index (χ2v) is 5.54. The molecule has 0 saturated heterocycles. The van der Waals surface area contributed by atoms with Crippen LogP contribution in [0.2, 0.25) is 5.02 Å². The minimum absolute atomic E-state index is 0.566. The van der Waals surface area contributed by atoms with E-state index in [1.807, 2.05) is 11.8 Å². The molecule has 0 aromatic heterocycles. The first-order valence-corrected chi connectivity index (χ1v) is 6.92. The summed E-state index contributed by atoms with van der Waals surface area (Å²) < 4.78 is 6.37. The summed E-state index contributed by atoms with van der Waals surface area (Å²) in [6.45, 7) is 2.78. The van der Waals surface area contributed by atoms with Crippen LogP contribution < -0.4 is 10.5 Å². The molecule has 0 unspecified atom stereocenters. The zero-order valence-electron chi connectivity index (χ0n) is 8.43. The van der Waals surface area contributed by atoms with Crippen LogP contribution in [0.5, 0.6) is 5.75 Å². The molecule has 2 nitrogen and oxygen atoms in total. The SMILES string of the molecule is CCSCCOc1c(N)cc(Cl)cc1Br. The largest absolute Gasteiger partial charge is 0.489 e. The fourth-order valence-corrected chi connectivity index (χ4v) is 2.52. The van der Waals surface area contributed by atoms with Crippen molar-refractivity contribution in [1.29, 1.82) is 0 Å². The summed E-state index contributed by atoms with van der Waals surface area (Å²) in [7, 11) is 0. The Kier molecular flexibility index (Phi) is 5.64. The Morgan fingerprint density at radius 1 is 1.53 bits per heavy atom. The fraction of sp³-hybridized carbons (Fsp3) is 0.400. The van der Waals surface area contributed by atoms with Crippen molar-refractivity contribution in [3.8, 4) is 5.75 Å². The van der Waals surface area contributed by atoms with Gasteiger partial charge in [0.25, 0.3) is 0 Å². The summed E-state index contributed by atoms with van der Waals surface area (Å²) in [5.41, 5.74) is 6.36. The Balaban J connectivity index is 2.60. The minimum Gasteiger partial charge on any atom is -0.489 e. The molecule has 0 saturated carbocycles. The van der Waals surface area contributed by atoms with E-state index in [1.54, 1.807) is 12.1 Å². The lowest BCUT2D eigenvalue weighted by Gasteiger charge is -2.10. The van der Waals surface area contributed by atoms with Crippen molar-refractivity contribution in [3.63, 3.8) is 0 Å². The number of rotatable bonds is 5. The topological polar surface area (TPSA) is 35.2 Å². The van der Waals surface area contributed by atoms with Crippen LogP contribution in [0, 0.1) is 0 Å². The van der Waals surface area contributed by atoms with Crippen LogP contribution in [-0.4, -0.2) is 18.1 Å². The fourth-order valence-electron chi connectivity index (χ4n) is 1.08. The van der Waals surface area contributed by atoms with Crippen molar-refractivity contribution < 1.29 is 4.74 Å². The first-order chi connectivity index (χ1) is 7.15. The third-order valence-corrected chi connectivity index (χ3v) is 3.39. The normalized spacial score (nSPS) is 10.3. The molecule has 84 valence electrons. The second-order valence-electron chi connectivity index (χ2n) is 2.85.